The van der Waals surface area contributed by atoms with Crippen LogP contribution in [0, 0.1) is 12.8 Å². The van der Waals surface area contributed by atoms with Gasteiger partial charge in [-0.3, -0.25) is 9.48 Å². The van der Waals surface area contributed by atoms with Gasteiger partial charge in [-0.2, -0.15) is 5.10 Å². The van der Waals surface area contributed by atoms with E-state index in [2.05, 4.69) is 5.10 Å². The Bertz CT molecular complexity index is 376. The number of ether oxygens (including phenoxy) is 1. The summed E-state index contributed by atoms with van der Waals surface area (Å²) in [5.41, 5.74) is 0.989. The number of rotatable bonds is 4. The van der Waals surface area contributed by atoms with Crippen molar-refractivity contribution in [3.05, 3.63) is 11.8 Å². The number of hydrogen-bond donors (Lipinski definition) is 0. The number of nitrogens with zero attached hydrogens (tertiary/aromatic N) is 2. The van der Waals surface area contributed by atoms with Gasteiger partial charge in [0, 0.05) is 12.3 Å². The van der Waals surface area contributed by atoms with Crippen LogP contribution in [0.4, 0.5) is 0 Å². The van der Waals surface area contributed by atoms with Gasteiger partial charge in [-0.15, -0.1) is 11.8 Å². The van der Waals surface area contributed by atoms with Crippen molar-refractivity contribution < 1.29 is 9.53 Å². The molecule has 0 saturated heterocycles. The molecule has 5 heteroatoms. The molecule has 1 aromatic rings. The summed E-state index contributed by atoms with van der Waals surface area (Å²) in [6.45, 7) is 5.86. The number of aromatic nitrogens is 2. The van der Waals surface area contributed by atoms with Gasteiger partial charge in [-0.05, 0) is 13.0 Å². The lowest BCUT2D eigenvalue weighted by atomic mass is 10.1. The smallest absolute Gasteiger partial charge is 0.309 e. The zero-order chi connectivity index (χ0) is 12.3. The van der Waals surface area contributed by atoms with Crippen molar-refractivity contribution in [3.8, 4) is 0 Å². The Morgan fingerprint density at radius 2 is 2.19 bits per heavy atom. The van der Waals surface area contributed by atoms with Crippen LogP contribution in [0.3, 0.4) is 0 Å². The van der Waals surface area contributed by atoms with Crippen LogP contribution in [0.5, 0.6) is 0 Å². The minimum absolute atomic E-state index is 0.120. The Labute approximate surface area is 100 Å². The first-order valence-electron chi connectivity index (χ1n) is 5.20. The molecule has 1 heterocycles. The number of methoxy groups -OCH3 is 1. The summed E-state index contributed by atoms with van der Waals surface area (Å²) in [7, 11) is 3.33. The summed E-state index contributed by atoms with van der Waals surface area (Å²) in [6.07, 6.45) is 0. The van der Waals surface area contributed by atoms with E-state index in [4.69, 9.17) is 4.74 Å². The van der Waals surface area contributed by atoms with Crippen LogP contribution in [0.2, 0.25) is 0 Å². The number of esters is 1. The average molecular weight is 242 g/mol. The van der Waals surface area contributed by atoms with E-state index in [1.807, 2.05) is 38.6 Å². The third-order valence-corrected chi connectivity index (χ3v) is 3.95. The second-order valence-corrected chi connectivity index (χ2v) is 5.28. The van der Waals surface area contributed by atoms with Gasteiger partial charge in [0.15, 0.2) is 0 Å². The van der Waals surface area contributed by atoms with Gasteiger partial charge in [0.2, 0.25) is 0 Å². The van der Waals surface area contributed by atoms with Crippen LogP contribution in [-0.4, -0.2) is 28.1 Å². The summed E-state index contributed by atoms with van der Waals surface area (Å²) in [6, 6.07) is 2.02. The van der Waals surface area contributed by atoms with E-state index in [9.17, 15) is 4.79 Å². The Balaban J connectivity index is 2.67. The summed E-state index contributed by atoms with van der Waals surface area (Å²) in [4.78, 5) is 11.4. The van der Waals surface area contributed by atoms with Crippen molar-refractivity contribution >= 4 is 17.7 Å². The molecule has 0 spiro atoms. The molecule has 0 amide bonds. The largest absolute Gasteiger partial charge is 0.469 e. The molecule has 0 saturated carbocycles. The topological polar surface area (TPSA) is 44.1 Å². The van der Waals surface area contributed by atoms with Gasteiger partial charge in [-0.25, -0.2) is 0 Å². The molecule has 2 atom stereocenters. The maximum Gasteiger partial charge on any atom is 0.309 e. The van der Waals surface area contributed by atoms with Crippen molar-refractivity contribution in [2.24, 2.45) is 13.0 Å². The summed E-state index contributed by atoms with van der Waals surface area (Å²) < 4.78 is 6.57. The minimum atomic E-state index is -0.168. The van der Waals surface area contributed by atoms with Crippen LogP contribution in [0.25, 0.3) is 0 Å². The van der Waals surface area contributed by atoms with Crippen molar-refractivity contribution in [2.45, 2.75) is 31.0 Å². The van der Waals surface area contributed by atoms with Crippen LogP contribution in [-0.2, 0) is 16.6 Å². The molecule has 0 fully saturated rings. The SMILES string of the molecule is COC(=O)C(C)C(C)Sc1cc(C)nn1C. The maximum atomic E-state index is 11.4. The highest BCUT2D eigenvalue weighted by molar-refractivity contribution is 7.99. The lowest BCUT2D eigenvalue weighted by Crippen LogP contribution is -2.22. The van der Waals surface area contributed by atoms with E-state index in [0.29, 0.717) is 0 Å². The van der Waals surface area contributed by atoms with Gasteiger partial charge in [0.1, 0.15) is 0 Å². The Kier molecular flexibility index (Phi) is 4.41. The summed E-state index contributed by atoms with van der Waals surface area (Å²) in [5.74, 6) is -0.288. The van der Waals surface area contributed by atoms with E-state index in [1.54, 1.807) is 11.8 Å². The lowest BCUT2D eigenvalue weighted by molar-refractivity contribution is -0.144. The molecule has 0 aliphatic rings. The van der Waals surface area contributed by atoms with E-state index in [0.717, 1.165) is 10.7 Å². The molecule has 4 nitrogen and oxygen atoms in total. The third-order valence-electron chi connectivity index (χ3n) is 2.54. The van der Waals surface area contributed by atoms with E-state index in [1.165, 1.54) is 7.11 Å². The molecule has 1 rings (SSSR count). The molecule has 16 heavy (non-hydrogen) atoms. The molecular weight excluding hydrogens is 224 g/mol. The molecule has 0 aromatic carbocycles. The highest BCUT2D eigenvalue weighted by atomic mass is 32.2. The Hall–Kier alpha value is -0.970. The number of aryl methyl sites for hydroxylation is 2. The molecule has 90 valence electrons. The number of hydrogen-bond acceptors (Lipinski definition) is 4. The predicted molar refractivity (Wildman–Crippen MR) is 64.4 cm³/mol. The van der Waals surface area contributed by atoms with Crippen molar-refractivity contribution in [2.75, 3.05) is 7.11 Å². The van der Waals surface area contributed by atoms with Crippen LogP contribution in [0.1, 0.15) is 19.5 Å². The molecule has 0 aliphatic heterocycles. The van der Waals surface area contributed by atoms with E-state index >= 15 is 0 Å². The molecule has 0 aliphatic carbocycles. The van der Waals surface area contributed by atoms with E-state index < -0.39 is 0 Å². The fourth-order valence-electron chi connectivity index (χ4n) is 1.37. The van der Waals surface area contributed by atoms with Gasteiger partial charge in [0.25, 0.3) is 0 Å². The summed E-state index contributed by atoms with van der Waals surface area (Å²) >= 11 is 1.64. The monoisotopic (exact) mass is 242 g/mol. The number of thioether (sulfide) groups is 1. The second-order valence-electron chi connectivity index (χ2n) is 3.88. The second kappa shape index (κ2) is 5.39. The number of carbonyl (C=O) groups excluding carboxylic acids is 1. The lowest BCUT2D eigenvalue weighted by Gasteiger charge is -2.16. The zero-order valence-electron chi connectivity index (χ0n) is 10.4. The Morgan fingerprint density at radius 3 is 2.62 bits per heavy atom. The molecule has 1 aromatic heterocycles. The minimum Gasteiger partial charge on any atom is -0.469 e. The Morgan fingerprint density at radius 1 is 1.56 bits per heavy atom. The van der Waals surface area contributed by atoms with Gasteiger partial charge >= 0.3 is 5.97 Å². The van der Waals surface area contributed by atoms with Crippen LogP contribution >= 0.6 is 11.8 Å². The van der Waals surface area contributed by atoms with Crippen LogP contribution in [0.15, 0.2) is 11.1 Å². The quantitative estimate of drug-likeness (QED) is 0.598. The highest BCUT2D eigenvalue weighted by Crippen LogP contribution is 2.28. The molecular formula is C11H18N2O2S. The van der Waals surface area contributed by atoms with E-state index in [-0.39, 0.29) is 17.1 Å². The van der Waals surface area contributed by atoms with Crippen molar-refractivity contribution in [1.29, 1.82) is 0 Å². The summed E-state index contributed by atoms with van der Waals surface area (Å²) in [5, 5.41) is 5.51. The average Bonchev–Trinajstić information content (AvgIpc) is 2.55. The zero-order valence-corrected chi connectivity index (χ0v) is 11.2. The molecule has 0 N–H and O–H groups in total. The van der Waals surface area contributed by atoms with Crippen LogP contribution < -0.4 is 0 Å². The first kappa shape index (κ1) is 13.1. The van der Waals surface area contributed by atoms with Gasteiger partial charge in [0.05, 0.1) is 23.7 Å². The molecule has 0 radical (unpaired) electrons. The third kappa shape index (κ3) is 3.01. The van der Waals surface area contributed by atoms with Crippen molar-refractivity contribution in [3.63, 3.8) is 0 Å². The normalized spacial score (nSPS) is 14.6. The highest BCUT2D eigenvalue weighted by Gasteiger charge is 2.22. The standard InChI is InChI=1S/C11H18N2O2S/c1-7-6-10(13(4)12-7)16-9(3)8(2)11(14)15-5/h6,8-9H,1-5H3. The van der Waals surface area contributed by atoms with Crippen molar-refractivity contribution in [1.82, 2.24) is 9.78 Å². The first-order chi connectivity index (χ1) is 7.45. The fraction of sp³-hybridized carbons (Fsp3) is 0.636. The first-order valence-corrected chi connectivity index (χ1v) is 6.08. The molecule has 0 bridgehead atoms. The molecule has 2 unspecified atom stereocenters. The fourth-order valence-corrected chi connectivity index (χ4v) is 2.50. The van der Waals surface area contributed by atoms with Gasteiger partial charge < -0.3 is 4.74 Å². The predicted octanol–water partition coefficient (Wildman–Crippen LogP) is 2.02. The van der Waals surface area contributed by atoms with Gasteiger partial charge in [-0.1, -0.05) is 13.8 Å². The number of carbonyl (C=O) groups is 1. The maximum absolute atomic E-state index is 11.4.